The van der Waals surface area contributed by atoms with Crippen molar-refractivity contribution in [3.63, 3.8) is 0 Å². The second-order valence-electron chi connectivity index (χ2n) is 3.45. The molecular formula is C10H16N2O2S. The van der Waals surface area contributed by atoms with E-state index >= 15 is 0 Å². The minimum absolute atomic E-state index is 0.124. The predicted octanol–water partition coefficient (Wildman–Crippen LogP) is 1.20. The van der Waals surface area contributed by atoms with Gasteiger partial charge in [0.25, 0.3) is 5.56 Å². The van der Waals surface area contributed by atoms with Gasteiger partial charge in [-0.3, -0.25) is 4.79 Å². The van der Waals surface area contributed by atoms with Gasteiger partial charge in [0.2, 0.25) is 0 Å². The van der Waals surface area contributed by atoms with Gasteiger partial charge in [0.05, 0.1) is 6.10 Å². The van der Waals surface area contributed by atoms with E-state index in [1.807, 2.05) is 6.92 Å². The van der Waals surface area contributed by atoms with E-state index in [-0.39, 0.29) is 5.56 Å². The molecule has 84 valence electrons. The number of aromatic nitrogens is 2. The molecule has 1 aromatic heterocycles. The molecule has 15 heavy (non-hydrogen) atoms. The number of aliphatic hydroxyl groups excluding tert-OH is 1. The highest BCUT2D eigenvalue weighted by molar-refractivity contribution is 7.99. The van der Waals surface area contributed by atoms with Gasteiger partial charge in [-0.1, -0.05) is 25.1 Å². The largest absolute Gasteiger partial charge is 0.393 e. The Morgan fingerprint density at radius 2 is 2.40 bits per heavy atom. The lowest BCUT2D eigenvalue weighted by Gasteiger charge is -2.04. The highest BCUT2D eigenvalue weighted by Gasteiger charge is 2.03. The van der Waals surface area contributed by atoms with Crippen LogP contribution in [0.2, 0.25) is 0 Å². The predicted molar refractivity (Wildman–Crippen MR) is 61.3 cm³/mol. The van der Waals surface area contributed by atoms with Crippen molar-refractivity contribution < 1.29 is 5.11 Å². The third-order valence-electron chi connectivity index (χ3n) is 1.74. The Morgan fingerprint density at radius 3 is 3.00 bits per heavy atom. The van der Waals surface area contributed by atoms with E-state index in [0.717, 1.165) is 18.5 Å². The van der Waals surface area contributed by atoms with Crippen molar-refractivity contribution in [3.8, 4) is 0 Å². The molecule has 0 radical (unpaired) electrons. The van der Waals surface area contributed by atoms with E-state index in [0.29, 0.717) is 10.9 Å². The molecule has 0 amide bonds. The molecule has 1 rings (SSSR count). The molecule has 1 aromatic rings. The molecule has 5 heteroatoms. The van der Waals surface area contributed by atoms with Crippen LogP contribution in [0.3, 0.4) is 0 Å². The molecule has 1 heterocycles. The summed E-state index contributed by atoms with van der Waals surface area (Å²) in [6.07, 6.45) is 1.39. The lowest BCUT2D eigenvalue weighted by atomic mass is 10.2. The summed E-state index contributed by atoms with van der Waals surface area (Å²) in [6.45, 7) is 3.76. The smallest absolute Gasteiger partial charge is 0.251 e. The van der Waals surface area contributed by atoms with Crippen LogP contribution in [0.1, 0.15) is 26.0 Å². The lowest BCUT2D eigenvalue weighted by Crippen LogP contribution is -2.11. The van der Waals surface area contributed by atoms with Crippen molar-refractivity contribution in [2.24, 2.45) is 0 Å². The molecule has 0 saturated carbocycles. The van der Waals surface area contributed by atoms with Crippen LogP contribution >= 0.6 is 11.8 Å². The zero-order chi connectivity index (χ0) is 11.3. The Kier molecular flexibility index (Phi) is 4.84. The number of rotatable bonds is 5. The number of nitrogens with zero attached hydrogens (tertiary/aromatic N) is 1. The van der Waals surface area contributed by atoms with E-state index in [2.05, 4.69) is 9.97 Å². The Labute approximate surface area is 93.1 Å². The molecule has 0 aliphatic carbocycles. The van der Waals surface area contributed by atoms with Gasteiger partial charge in [-0.2, -0.15) is 0 Å². The molecule has 0 saturated heterocycles. The molecule has 0 bridgehead atoms. The van der Waals surface area contributed by atoms with Crippen LogP contribution in [-0.4, -0.2) is 26.9 Å². The van der Waals surface area contributed by atoms with Gasteiger partial charge in [-0.15, -0.1) is 0 Å². The fraction of sp³-hybridized carbons (Fsp3) is 0.600. The summed E-state index contributed by atoms with van der Waals surface area (Å²) in [5, 5.41) is 9.70. The number of H-pyrrole nitrogens is 1. The maximum atomic E-state index is 11.3. The zero-order valence-electron chi connectivity index (χ0n) is 8.99. The lowest BCUT2D eigenvalue weighted by molar-refractivity contribution is 0.220. The minimum atomic E-state index is -0.393. The summed E-state index contributed by atoms with van der Waals surface area (Å²) in [5.41, 5.74) is 0.691. The van der Waals surface area contributed by atoms with E-state index in [1.54, 1.807) is 6.92 Å². The van der Waals surface area contributed by atoms with Gasteiger partial charge in [0.1, 0.15) is 0 Å². The number of aromatic amines is 1. The first-order valence-electron chi connectivity index (χ1n) is 5.03. The molecule has 2 N–H and O–H groups in total. The van der Waals surface area contributed by atoms with Crippen LogP contribution in [0.15, 0.2) is 16.0 Å². The van der Waals surface area contributed by atoms with Crippen molar-refractivity contribution in [2.45, 2.75) is 37.9 Å². The maximum absolute atomic E-state index is 11.3. The molecule has 0 spiro atoms. The molecule has 0 aromatic carbocycles. The van der Waals surface area contributed by atoms with Crippen molar-refractivity contribution in [1.82, 2.24) is 9.97 Å². The maximum Gasteiger partial charge on any atom is 0.251 e. The van der Waals surface area contributed by atoms with Gasteiger partial charge < -0.3 is 10.1 Å². The first-order chi connectivity index (χ1) is 7.11. The Hall–Kier alpha value is -0.810. The van der Waals surface area contributed by atoms with Crippen LogP contribution in [-0.2, 0) is 6.42 Å². The Balaban J connectivity index is 2.75. The fourth-order valence-corrected chi connectivity index (χ4v) is 1.89. The van der Waals surface area contributed by atoms with E-state index in [9.17, 15) is 4.79 Å². The second kappa shape index (κ2) is 5.92. The Morgan fingerprint density at radius 1 is 1.67 bits per heavy atom. The topological polar surface area (TPSA) is 66.0 Å². The molecule has 1 atom stereocenters. The third-order valence-corrected chi connectivity index (χ3v) is 2.86. The van der Waals surface area contributed by atoms with Crippen LogP contribution in [0.25, 0.3) is 0 Å². The molecule has 0 unspecified atom stereocenters. The first kappa shape index (κ1) is 12.3. The van der Waals surface area contributed by atoms with Gasteiger partial charge in [-0.05, 0) is 13.3 Å². The molecule has 0 aliphatic heterocycles. The second-order valence-corrected chi connectivity index (χ2v) is 4.46. The van der Waals surface area contributed by atoms with Crippen LogP contribution in [0, 0.1) is 0 Å². The first-order valence-corrected chi connectivity index (χ1v) is 6.01. The Bertz CT molecular complexity index is 363. The SMILES string of the molecule is CCCc1cc(=O)[nH]c(SC[C@@H](C)O)n1. The quantitative estimate of drug-likeness (QED) is 0.587. The number of aryl methyl sites for hydroxylation is 1. The van der Waals surface area contributed by atoms with E-state index in [4.69, 9.17) is 5.11 Å². The highest BCUT2D eigenvalue weighted by Crippen LogP contribution is 2.12. The summed E-state index contributed by atoms with van der Waals surface area (Å²) in [7, 11) is 0. The van der Waals surface area contributed by atoms with Gasteiger partial charge in [0, 0.05) is 17.5 Å². The summed E-state index contributed by atoms with van der Waals surface area (Å²) in [4.78, 5) is 18.2. The van der Waals surface area contributed by atoms with Crippen molar-refractivity contribution >= 4 is 11.8 Å². The summed E-state index contributed by atoms with van der Waals surface area (Å²) in [5.74, 6) is 0.540. The molecular weight excluding hydrogens is 212 g/mol. The normalized spacial score (nSPS) is 12.7. The zero-order valence-corrected chi connectivity index (χ0v) is 9.80. The van der Waals surface area contributed by atoms with Gasteiger partial charge in [0.15, 0.2) is 5.16 Å². The molecule has 0 fully saturated rings. The monoisotopic (exact) mass is 228 g/mol. The van der Waals surface area contributed by atoms with E-state index in [1.165, 1.54) is 17.8 Å². The standard InChI is InChI=1S/C10H16N2O2S/c1-3-4-8-5-9(14)12-10(11-8)15-6-7(2)13/h5,7,13H,3-4,6H2,1-2H3,(H,11,12,14)/t7-/m1/s1. The number of hydrogen-bond acceptors (Lipinski definition) is 4. The number of thioether (sulfide) groups is 1. The average molecular weight is 228 g/mol. The minimum Gasteiger partial charge on any atom is -0.393 e. The van der Waals surface area contributed by atoms with E-state index < -0.39 is 6.10 Å². The highest BCUT2D eigenvalue weighted by atomic mass is 32.2. The summed E-state index contributed by atoms with van der Waals surface area (Å²) >= 11 is 1.37. The van der Waals surface area contributed by atoms with Crippen LogP contribution in [0.5, 0.6) is 0 Å². The third kappa shape index (κ3) is 4.48. The average Bonchev–Trinajstić information content (AvgIpc) is 2.14. The summed E-state index contributed by atoms with van der Waals surface area (Å²) in [6, 6.07) is 1.52. The molecule has 4 nitrogen and oxygen atoms in total. The van der Waals surface area contributed by atoms with Crippen LogP contribution in [0.4, 0.5) is 0 Å². The van der Waals surface area contributed by atoms with Crippen molar-refractivity contribution in [1.29, 1.82) is 0 Å². The fourth-order valence-electron chi connectivity index (χ4n) is 1.14. The molecule has 0 aliphatic rings. The number of nitrogens with one attached hydrogen (secondary N) is 1. The van der Waals surface area contributed by atoms with Gasteiger partial charge in [-0.25, -0.2) is 4.98 Å². The van der Waals surface area contributed by atoms with Crippen LogP contribution < -0.4 is 5.56 Å². The summed E-state index contributed by atoms with van der Waals surface area (Å²) < 4.78 is 0. The van der Waals surface area contributed by atoms with Crippen molar-refractivity contribution in [2.75, 3.05) is 5.75 Å². The number of aliphatic hydroxyl groups is 1. The number of hydrogen-bond donors (Lipinski definition) is 2. The van der Waals surface area contributed by atoms with Gasteiger partial charge >= 0.3 is 0 Å². The van der Waals surface area contributed by atoms with Crippen molar-refractivity contribution in [3.05, 3.63) is 22.1 Å².